The number of rotatable bonds is 7. The van der Waals surface area contributed by atoms with E-state index < -0.39 is 4.92 Å². The van der Waals surface area contributed by atoms with E-state index in [0.717, 1.165) is 31.1 Å². The van der Waals surface area contributed by atoms with Gasteiger partial charge >= 0.3 is 0 Å². The summed E-state index contributed by atoms with van der Waals surface area (Å²) in [4.78, 5) is 24.1. The van der Waals surface area contributed by atoms with E-state index in [0.29, 0.717) is 10.8 Å². The second kappa shape index (κ2) is 9.19. The van der Waals surface area contributed by atoms with Gasteiger partial charge in [0, 0.05) is 40.2 Å². The first-order valence-corrected chi connectivity index (χ1v) is 12.0. The van der Waals surface area contributed by atoms with Crippen molar-refractivity contribution in [3.63, 3.8) is 0 Å². The SMILES string of the molecule is CCn1c(SCC(=O)Nc2ccc([N+](=O)[O-])cc2)nnc1-c1csc2c1CCC(C)C2. The summed E-state index contributed by atoms with van der Waals surface area (Å²) in [6, 6.07) is 5.78. The lowest BCUT2D eigenvalue weighted by atomic mass is 9.88. The van der Waals surface area contributed by atoms with E-state index in [-0.39, 0.29) is 17.3 Å². The molecule has 1 amide bonds. The molecule has 8 nitrogen and oxygen atoms in total. The summed E-state index contributed by atoms with van der Waals surface area (Å²) in [5, 5.41) is 25.2. The van der Waals surface area contributed by atoms with Crippen molar-refractivity contribution in [2.24, 2.45) is 5.92 Å². The lowest BCUT2D eigenvalue weighted by Crippen LogP contribution is -2.14. The Morgan fingerprint density at radius 2 is 2.13 bits per heavy atom. The van der Waals surface area contributed by atoms with Crippen molar-refractivity contribution in [1.29, 1.82) is 0 Å². The van der Waals surface area contributed by atoms with Crippen molar-refractivity contribution >= 4 is 40.4 Å². The Morgan fingerprint density at radius 1 is 1.35 bits per heavy atom. The van der Waals surface area contributed by atoms with Crippen LogP contribution in [0.25, 0.3) is 11.4 Å². The Kier molecular flexibility index (Phi) is 6.38. The Balaban J connectivity index is 1.44. The Labute approximate surface area is 188 Å². The van der Waals surface area contributed by atoms with Crippen LogP contribution in [0, 0.1) is 16.0 Å². The molecule has 10 heteroatoms. The van der Waals surface area contributed by atoms with E-state index in [1.165, 1.54) is 58.5 Å². The lowest BCUT2D eigenvalue weighted by molar-refractivity contribution is -0.384. The Bertz CT molecular complexity index is 1110. The first-order valence-electron chi connectivity index (χ1n) is 10.2. The van der Waals surface area contributed by atoms with Gasteiger partial charge in [-0.15, -0.1) is 21.5 Å². The van der Waals surface area contributed by atoms with Crippen molar-refractivity contribution in [3.05, 3.63) is 50.2 Å². The number of thiophene rings is 1. The normalized spacial score (nSPS) is 15.5. The summed E-state index contributed by atoms with van der Waals surface area (Å²) < 4.78 is 2.06. The van der Waals surface area contributed by atoms with Gasteiger partial charge in [0.05, 0.1) is 10.7 Å². The maximum atomic E-state index is 12.3. The number of hydrogen-bond acceptors (Lipinski definition) is 7. The molecule has 0 bridgehead atoms. The van der Waals surface area contributed by atoms with E-state index in [1.807, 2.05) is 11.3 Å². The molecule has 2 heterocycles. The molecule has 0 aliphatic heterocycles. The summed E-state index contributed by atoms with van der Waals surface area (Å²) in [5.41, 5.74) is 3.08. The maximum Gasteiger partial charge on any atom is 0.269 e. The third kappa shape index (κ3) is 4.64. The molecule has 1 unspecified atom stereocenters. The van der Waals surface area contributed by atoms with Gasteiger partial charge in [0.25, 0.3) is 5.69 Å². The highest BCUT2D eigenvalue weighted by Gasteiger charge is 2.24. The third-order valence-corrected chi connectivity index (χ3v) is 7.39. The van der Waals surface area contributed by atoms with Crippen LogP contribution < -0.4 is 5.32 Å². The molecule has 1 atom stereocenters. The third-order valence-electron chi connectivity index (χ3n) is 5.37. The topological polar surface area (TPSA) is 103 Å². The van der Waals surface area contributed by atoms with Gasteiger partial charge in [0.2, 0.25) is 5.91 Å². The van der Waals surface area contributed by atoms with Gasteiger partial charge in [-0.05, 0) is 49.8 Å². The number of benzene rings is 1. The van der Waals surface area contributed by atoms with Crippen molar-refractivity contribution in [2.45, 2.75) is 44.8 Å². The van der Waals surface area contributed by atoms with Crippen LogP contribution in [-0.2, 0) is 24.2 Å². The molecule has 1 aromatic carbocycles. The fraction of sp³-hybridized carbons (Fsp3) is 0.381. The van der Waals surface area contributed by atoms with Crippen molar-refractivity contribution < 1.29 is 9.72 Å². The highest BCUT2D eigenvalue weighted by atomic mass is 32.2. The van der Waals surface area contributed by atoms with Crippen LogP contribution >= 0.6 is 23.1 Å². The minimum atomic E-state index is -0.470. The van der Waals surface area contributed by atoms with Crippen LogP contribution in [-0.4, -0.2) is 31.3 Å². The number of thioether (sulfide) groups is 1. The van der Waals surface area contributed by atoms with Crippen molar-refractivity contribution in [3.8, 4) is 11.4 Å². The van der Waals surface area contributed by atoms with Crippen LogP contribution in [0.15, 0.2) is 34.8 Å². The number of nitro benzene ring substituents is 1. The van der Waals surface area contributed by atoms with E-state index in [4.69, 9.17) is 0 Å². The lowest BCUT2D eigenvalue weighted by Gasteiger charge is -2.19. The number of nitrogens with zero attached hydrogens (tertiary/aromatic N) is 4. The minimum absolute atomic E-state index is 0.0129. The Morgan fingerprint density at radius 3 is 2.84 bits per heavy atom. The monoisotopic (exact) mass is 457 g/mol. The number of nitro groups is 1. The maximum absolute atomic E-state index is 12.3. The number of aromatic nitrogens is 3. The van der Waals surface area contributed by atoms with E-state index in [1.54, 1.807) is 0 Å². The van der Waals surface area contributed by atoms with Gasteiger partial charge in [-0.2, -0.15) is 0 Å². The number of fused-ring (bicyclic) bond motifs is 1. The molecule has 1 aliphatic carbocycles. The molecule has 0 saturated heterocycles. The van der Waals surface area contributed by atoms with Crippen LogP contribution in [0.2, 0.25) is 0 Å². The van der Waals surface area contributed by atoms with Gasteiger partial charge in [-0.25, -0.2) is 0 Å². The van der Waals surface area contributed by atoms with E-state index in [2.05, 4.69) is 39.3 Å². The quantitative estimate of drug-likeness (QED) is 0.311. The fourth-order valence-electron chi connectivity index (χ4n) is 3.74. The highest BCUT2D eigenvalue weighted by molar-refractivity contribution is 7.99. The highest BCUT2D eigenvalue weighted by Crippen LogP contribution is 2.38. The standard InChI is InChI=1S/C21H23N5O3S2/c1-3-25-20(17-11-30-18-10-13(2)4-9-16(17)18)23-24-21(25)31-12-19(27)22-14-5-7-15(8-6-14)26(28)29/h5-8,11,13H,3-4,9-10,12H2,1-2H3,(H,22,27). The molecule has 0 fully saturated rings. The van der Waals surface area contributed by atoms with Gasteiger partial charge < -0.3 is 9.88 Å². The molecule has 0 spiro atoms. The van der Waals surface area contributed by atoms with Gasteiger partial charge in [0.1, 0.15) is 0 Å². The zero-order chi connectivity index (χ0) is 22.0. The molecule has 1 aliphatic rings. The van der Waals surface area contributed by atoms with Gasteiger partial charge in [-0.1, -0.05) is 18.7 Å². The smallest absolute Gasteiger partial charge is 0.269 e. The van der Waals surface area contributed by atoms with Crippen molar-refractivity contribution in [2.75, 3.05) is 11.1 Å². The molecular formula is C21H23N5O3S2. The average molecular weight is 458 g/mol. The molecule has 1 N–H and O–H groups in total. The first kappa shape index (κ1) is 21.5. The second-order valence-electron chi connectivity index (χ2n) is 7.59. The number of amides is 1. The summed E-state index contributed by atoms with van der Waals surface area (Å²) >= 11 is 3.14. The number of non-ortho nitro benzene ring substituents is 1. The zero-order valence-electron chi connectivity index (χ0n) is 17.3. The average Bonchev–Trinajstić information content (AvgIpc) is 3.35. The number of anilines is 1. The predicted octanol–water partition coefficient (Wildman–Crippen LogP) is 4.79. The second-order valence-corrected chi connectivity index (χ2v) is 9.50. The minimum Gasteiger partial charge on any atom is -0.325 e. The van der Waals surface area contributed by atoms with Crippen LogP contribution in [0.5, 0.6) is 0 Å². The molecule has 162 valence electrons. The van der Waals surface area contributed by atoms with Crippen LogP contribution in [0.3, 0.4) is 0 Å². The Hall–Kier alpha value is -2.72. The summed E-state index contributed by atoms with van der Waals surface area (Å²) in [5.74, 6) is 1.57. The molecule has 2 aromatic heterocycles. The molecule has 31 heavy (non-hydrogen) atoms. The molecule has 3 aromatic rings. The van der Waals surface area contributed by atoms with Gasteiger partial charge in [-0.3, -0.25) is 14.9 Å². The van der Waals surface area contributed by atoms with E-state index in [9.17, 15) is 14.9 Å². The number of nitrogens with one attached hydrogen (secondary N) is 1. The number of hydrogen-bond donors (Lipinski definition) is 1. The first-order chi connectivity index (χ1) is 15.0. The summed E-state index contributed by atoms with van der Waals surface area (Å²) in [6.07, 6.45) is 3.40. The molecule has 4 rings (SSSR count). The molecule has 0 saturated carbocycles. The summed E-state index contributed by atoms with van der Waals surface area (Å²) in [6.45, 7) is 5.07. The number of carbonyl (C=O) groups excluding carboxylic acids is 1. The summed E-state index contributed by atoms with van der Waals surface area (Å²) in [7, 11) is 0. The van der Waals surface area contributed by atoms with Crippen molar-refractivity contribution in [1.82, 2.24) is 14.8 Å². The predicted molar refractivity (Wildman–Crippen MR) is 123 cm³/mol. The zero-order valence-corrected chi connectivity index (χ0v) is 19.0. The number of carbonyl (C=O) groups is 1. The fourth-order valence-corrected chi connectivity index (χ4v) is 5.78. The largest absolute Gasteiger partial charge is 0.325 e. The molecular weight excluding hydrogens is 434 g/mol. The van der Waals surface area contributed by atoms with Crippen LogP contribution in [0.1, 0.15) is 30.7 Å². The van der Waals surface area contributed by atoms with Crippen LogP contribution in [0.4, 0.5) is 11.4 Å². The molecule has 0 radical (unpaired) electrons. The van der Waals surface area contributed by atoms with Gasteiger partial charge in [0.15, 0.2) is 11.0 Å². The van der Waals surface area contributed by atoms with E-state index >= 15 is 0 Å².